The number of piperidine rings is 1. The SMILES string of the molecule is O=C(OCc1cccc(F)c1)C1CCCN(C(=O)Nc2ccccc2)C1. The number of amides is 2. The maximum Gasteiger partial charge on any atom is 0.321 e. The number of urea groups is 1. The van der Waals surface area contributed by atoms with Crippen LogP contribution in [0.15, 0.2) is 54.6 Å². The Morgan fingerprint density at radius 3 is 2.73 bits per heavy atom. The van der Waals surface area contributed by atoms with Gasteiger partial charge in [0.15, 0.2) is 0 Å². The molecule has 2 amide bonds. The topological polar surface area (TPSA) is 58.6 Å². The van der Waals surface area contributed by atoms with Crippen molar-refractivity contribution in [3.05, 3.63) is 66.0 Å². The van der Waals surface area contributed by atoms with Crippen LogP contribution in [0.3, 0.4) is 0 Å². The number of esters is 1. The second kappa shape index (κ2) is 8.47. The first-order chi connectivity index (χ1) is 12.6. The van der Waals surface area contributed by atoms with Crippen LogP contribution in [-0.2, 0) is 16.1 Å². The van der Waals surface area contributed by atoms with E-state index < -0.39 is 0 Å². The number of para-hydroxylation sites is 1. The van der Waals surface area contributed by atoms with Crippen molar-refractivity contribution in [1.29, 1.82) is 0 Å². The highest BCUT2D eigenvalue weighted by molar-refractivity contribution is 5.89. The maximum atomic E-state index is 13.2. The Hall–Kier alpha value is -2.89. The third-order valence-corrected chi connectivity index (χ3v) is 4.34. The van der Waals surface area contributed by atoms with Crippen LogP contribution in [0, 0.1) is 11.7 Å². The fourth-order valence-electron chi connectivity index (χ4n) is 2.98. The van der Waals surface area contributed by atoms with Crippen molar-refractivity contribution in [2.45, 2.75) is 19.4 Å². The molecule has 2 aromatic carbocycles. The van der Waals surface area contributed by atoms with Gasteiger partial charge < -0.3 is 15.0 Å². The van der Waals surface area contributed by atoms with Crippen molar-refractivity contribution in [3.63, 3.8) is 0 Å². The summed E-state index contributed by atoms with van der Waals surface area (Å²) in [6, 6.07) is 14.9. The largest absolute Gasteiger partial charge is 0.461 e. The lowest BCUT2D eigenvalue weighted by atomic mass is 9.98. The number of halogens is 1. The Bertz CT molecular complexity index is 767. The van der Waals surface area contributed by atoms with Crippen LogP contribution in [-0.4, -0.2) is 30.0 Å². The first-order valence-electron chi connectivity index (χ1n) is 8.64. The normalized spacial score (nSPS) is 16.8. The van der Waals surface area contributed by atoms with E-state index in [2.05, 4.69) is 5.32 Å². The van der Waals surface area contributed by atoms with Crippen LogP contribution < -0.4 is 5.32 Å². The van der Waals surface area contributed by atoms with E-state index in [1.165, 1.54) is 12.1 Å². The smallest absolute Gasteiger partial charge is 0.321 e. The summed E-state index contributed by atoms with van der Waals surface area (Å²) in [6.45, 7) is 0.955. The van der Waals surface area contributed by atoms with Crippen LogP contribution in [0.5, 0.6) is 0 Å². The number of ether oxygens (including phenoxy) is 1. The molecule has 2 aromatic rings. The lowest BCUT2D eigenvalue weighted by Gasteiger charge is -2.31. The van der Waals surface area contributed by atoms with Crippen molar-refractivity contribution < 1.29 is 18.7 Å². The van der Waals surface area contributed by atoms with Gasteiger partial charge in [0.2, 0.25) is 0 Å². The average molecular weight is 356 g/mol. The van der Waals surface area contributed by atoms with Crippen molar-refractivity contribution in [1.82, 2.24) is 4.90 Å². The highest BCUT2D eigenvalue weighted by Gasteiger charge is 2.29. The molecule has 0 spiro atoms. The van der Waals surface area contributed by atoms with E-state index >= 15 is 0 Å². The Morgan fingerprint density at radius 2 is 1.96 bits per heavy atom. The zero-order valence-electron chi connectivity index (χ0n) is 14.4. The Labute approximate surface area is 151 Å². The van der Waals surface area contributed by atoms with Crippen molar-refractivity contribution in [2.24, 2.45) is 5.92 Å². The van der Waals surface area contributed by atoms with E-state index in [-0.39, 0.29) is 30.3 Å². The number of carbonyl (C=O) groups excluding carboxylic acids is 2. The first kappa shape index (κ1) is 17.9. The van der Waals surface area contributed by atoms with E-state index in [9.17, 15) is 14.0 Å². The predicted molar refractivity (Wildman–Crippen MR) is 96.0 cm³/mol. The van der Waals surface area contributed by atoms with Gasteiger partial charge in [0.1, 0.15) is 12.4 Å². The van der Waals surface area contributed by atoms with Gasteiger partial charge >= 0.3 is 12.0 Å². The van der Waals surface area contributed by atoms with Gasteiger partial charge in [-0.05, 0) is 42.7 Å². The highest BCUT2D eigenvalue weighted by atomic mass is 19.1. The number of carbonyl (C=O) groups is 2. The summed E-state index contributed by atoms with van der Waals surface area (Å²) in [5, 5.41) is 2.83. The molecule has 1 atom stereocenters. The number of hydrogen-bond acceptors (Lipinski definition) is 3. The summed E-state index contributed by atoms with van der Waals surface area (Å²) >= 11 is 0. The molecule has 0 saturated carbocycles. The molecule has 1 unspecified atom stereocenters. The highest BCUT2D eigenvalue weighted by Crippen LogP contribution is 2.20. The van der Waals surface area contributed by atoms with Crippen LogP contribution in [0.25, 0.3) is 0 Å². The number of nitrogens with zero attached hydrogens (tertiary/aromatic N) is 1. The van der Waals surface area contributed by atoms with E-state index in [4.69, 9.17) is 4.74 Å². The summed E-state index contributed by atoms with van der Waals surface area (Å²) in [6.07, 6.45) is 1.42. The van der Waals surface area contributed by atoms with Crippen LogP contribution in [0.1, 0.15) is 18.4 Å². The molecule has 1 N–H and O–H groups in total. The number of benzene rings is 2. The Balaban J connectivity index is 1.52. The molecule has 1 fully saturated rings. The number of anilines is 1. The van der Waals surface area contributed by atoms with E-state index in [1.54, 1.807) is 17.0 Å². The molecule has 26 heavy (non-hydrogen) atoms. The molecule has 0 aromatic heterocycles. The van der Waals surface area contributed by atoms with Gasteiger partial charge in [-0.2, -0.15) is 0 Å². The summed E-state index contributed by atoms with van der Waals surface area (Å²) < 4.78 is 18.5. The van der Waals surface area contributed by atoms with E-state index in [0.29, 0.717) is 30.8 Å². The molecule has 1 aliphatic rings. The minimum Gasteiger partial charge on any atom is -0.461 e. The molecule has 6 heteroatoms. The zero-order chi connectivity index (χ0) is 18.4. The lowest BCUT2D eigenvalue weighted by molar-refractivity contribution is -0.151. The van der Waals surface area contributed by atoms with Gasteiger partial charge in [-0.1, -0.05) is 30.3 Å². The summed E-state index contributed by atoms with van der Waals surface area (Å²) in [5.41, 5.74) is 1.32. The molecule has 5 nitrogen and oxygen atoms in total. The fourth-order valence-corrected chi connectivity index (χ4v) is 2.98. The minimum absolute atomic E-state index is 0.0311. The Morgan fingerprint density at radius 1 is 1.15 bits per heavy atom. The lowest BCUT2D eigenvalue weighted by Crippen LogP contribution is -2.44. The van der Waals surface area contributed by atoms with Crippen molar-refractivity contribution in [3.8, 4) is 0 Å². The third-order valence-electron chi connectivity index (χ3n) is 4.34. The molecular formula is C20H21FN2O3. The molecular weight excluding hydrogens is 335 g/mol. The third kappa shape index (κ3) is 4.81. The second-order valence-corrected chi connectivity index (χ2v) is 6.32. The van der Waals surface area contributed by atoms with Gasteiger partial charge in [0.05, 0.1) is 5.92 Å². The molecule has 136 valence electrons. The van der Waals surface area contributed by atoms with Crippen molar-refractivity contribution in [2.75, 3.05) is 18.4 Å². The molecule has 3 rings (SSSR count). The van der Waals surface area contributed by atoms with Gasteiger partial charge in [0.25, 0.3) is 0 Å². The number of hydrogen-bond donors (Lipinski definition) is 1. The number of rotatable bonds is 4. The summed E-state index contributed by atoms with van der Waals surface area (Å²) in [4.78, 5) is 26.3. The molecule has 0 bridgehead atoms. The van der Waals surface area contributed by atoms with Crippen LogP contribution >= 0.6 is 0 Å². The molecule has 0 radical (unpaired) electrons. The molecule has 1 aliphatic heterocycles. The summed E-state index contributed by atoms with van der Waals surface area (Å²) in [5.74, 6) is -1.08. The standard InChI is InChI=1S/C20H21FN2O3/c21-17-8-4-6-15(12-17)14-26-19(24)16-7-5-11-23(13-16)20(25)22-18-9-2-1-3-10-18/h1-4,6,8-10,12,16H,5,7,11,13-14H2,(H,22,25). The van der Waals surface area contributed by atoms with Gasteiger partial charge in [-0.15, -0.1) is 0 Å². The van der Waals surface area contributed by atoms with Gasteiger partial charge in [0, 0.05) is 18.8 Å². The number of nitrogens with one attached hydrogen (secondary N) is 1. The van der Waals surface area contributed by atoms with Crippen molar-refractivity contribution >= 4 is 17.7 Å². The average Bonchev–Trinajstić information content (AvgIpc) is 2.67. The Kier molecular flexibility index (Phi) is 5.84. The second-order valence-electron chi connectivity index (χ2n) is 6.32. The zero-order valence-corrected chi connectivity index (χ0v) is 14.4. The van der Waals surface area contributed by atoms with Crippen LogP contribution in [0.4, 0.5) is 14.9 Å². The molecule has 0 aliphatic carbocycles. The first-order valence-corrected chi connectivity index (χ1v) is 8.64. The summed E-state index contributed by atoms with van der Waals surface area (Å²) in [7, 11) is 0. The predicted octanol–water partition coefficient (Wildman–Crippen LogP) is 3.81. The minimum atomic E-state index is -0.362. The van der Waals surface area contributed by atoms with E-state index in [0.717, 1.165) is 6.42 Å². The fraction of sp³-hybridized carbons (Fsp3) is 0.300. The van der Waals surface area contributed by atoms with Gasteiger partial charge in [-0.25, -0.2) is 9.18 Å². The monoisotopic (exact) mass is 356 g/mol. The molecule has 1 saturated heterocycles. The quantitative estimate of drug-likeness (QED) is 0.848. The van der Waals surface area contributed by atoms with Crippen LogP contribution in [0.2, 0.25) is 0 Å². The molecule has 1 heterocycles. The maximum absolute atomic E-state index is 13.2. The van der Waals surface area contributed by atoms with Gasteiger partial charge in [-0.3, -0.25) is 4.79 Å². The van der Waals surface area contributed by atoms with E-state index in [1.807, 2.05) is 30.3 Å². The number of likely N-dealkylation sites (tertiary alicyclic amines) is 1.